The van der Waals surface area contributed by atoms with Crippen molar-refractivity contribution in [2.75, 3.05) is 0 Å². The number of hydrogen-bond donors (Lipinski definition) is 0. The van der Waals surface area contributed by atoms with Crippen LogP contribution in [0.1, 0.15) is 11.1 Å². The lowest BCUT2D eigenvalue weighted by molar-refractivity contribution is 0.298. The van der Waals surface area contributed by atoms with Gasteiger partial charge in [-0.25, -0.2) is 0 Å². The second-order valence-electron chi connectivity index (χ2n) is 6.17. The van der Waals surface area contributed by atoms with Crippen LogP contribution in [-0.2, 0) is 13.2 Å². The first kappa shape index (κ1) is 16.2. The highest BCUT2D eigenvalue weighted by molar-refractivity contribution is 5.85. The summed E-state index contributed by atoms with van der Waals surface area (Å²) in [5, 5.41) is 2.47. The third-order valence-corrected chi connectivity index (χ3v) is 4.35. The van der Waals surface area contributed by atoms with E-state index in [-0.39, 0.29) is 0 Å². The van der Waals surface area contributed by atoms with E-state index in [4.69, 9.17) is 9.47 Å². The molecule has 0 aromatic heterocycles. The highest BCUT2D eigenvalue weighted by Gasteiger charge is 2.02. The van der Waals surface area contributed by atoms with Crippen LogP contribution in [0, 0.1) is 0 Å². The van der Waals surface area contributed by atoms with Gasteiger partial charge in [0.15, 0.2) is 0 Å². The maximum Gasteiger partial charge on any atom is 0.120 e. The summed E-state index contributed by atoms with van der Waals surface area (Å²) >= 11 is 0. The number of fused-ring (bicyclic) bond motifs is 1. The van der Waals surface area contributed by atoms with Gasteiger partial charge in [-0.2, -0.15) is 0 Å². The summed E-state index contributed by atoms with van der Waals surface area (Å²) in [5.41, 5.74) is 2.34. The zero-order chi connectivity index (χ0) is 17.6. The predicted octanol–water partition coefficient (Wildman–Crippen LogP) is 6.00. The van der Waals surface area contributed by atoms with Crippen LogP contribution in [0.4, 0.5) is 0 Å². The van der Waals surface area contributed by atoms with Crippen LogP contribution in [0.25, 0.3) is 10.8 Å². The number of ether oxygens (including phenoxy) is 2. The minimum Gasteiger partial charge on any atom is -0.489 e. The second-order valence-corrected chi connectivity index (χ2v) is 6.17. The van der Waals surface area contributed by atoms with Gasteiger partial charge in [0.25, 0.3) is 0 Å². The van der Waals surface area contributed by atoms with Crippen LogP contribution in [0.2, 0.25) is 0 Å². The molecule has 0 fully saturated rings. The maximum absolute atomic E-state index is 5.96. The van der Waals surface area contributed by atoms with Gasteiger partial charge in [-0.05, 0) is 46.2 Å². The highest BCUT2D eigenvalue weighted by Crippen LogP contribution is 2.22. The molecule has 0 N–H and O–H groups in total. The second kappa shape index (κ2) is 7.75. The van der Waals surface area contributed by atoms with E-state index >= 15 is 0 Å². The van der Waals surface area contributed by atoms with Crippen molar-refractivity contribution in [3.63, 3.8) is 0 Å². The van der Waals surface area contributed by atoms with Gasteiger partial charge >= 0.3 is 0 Å². The van der Waals surface area contributed by atoms with Crippen LogP contribution in [0.15, 0.2) is 97.1 Å². The third kappa shape index (κ3) is 3.86. The average molecular weight is 340 g/mol. The molecule has 0 atom stereocenters. The van der Waals surface area contributed by atoms with Gasteiger partial charge in [-0.15, -0.1) is 0 Å². The molecule has 4 rings (SSSR count). The van der Waals surface area contributed by atoms with E-state index in [2.05, 4.69) is 54.6 Å². The van der Waals surface area contributed by atoms with E-state index in [1.807, 2.05) is 42.5 Å². The van der Waals surface area contributed by atoms with E-state index < -0.39 is 0 Å². The van der Waals surface area contributed by atoms with Gasteiger partial charge in [-0.1, -0.05) is 72.8 Å². The highest BCUT2D eigenvalue weighted by atomic mass is 16.5. The smallest absolute Gasteiger partial charge is 0.120 e. The number of rotatable bonds is 6. The van der Waals surface area contributed by atoms with E-state index in [0.717, 1.165) is 17.1 Å². The molecule has 0 saturated heterocycles. The quantitative estimate of drug-likeness (QED) is 0.429. The lowest BCUT2D eigenvalue weighted by Gasteiger charge is -2.10. The predicted molar refractivity (Wildman–Crippen MR) is 105 cm³/mol. The molecule has 0 radical (unpaired) electrons. The first-order valence-corrected chi connectivity index (χ1v) is 8.75. The van der Waals surface area contributed by atoms with Crippen molar-refractivity contribution < 1.29 is 9.47 Å². The molecular formula is C24H20O2. The molecular weight excluding hydrogens is 320 g/mol. The van der Waals surface area contributed by atoms with E-state index in [1.165, 1.54) is 16.3 Å². The Morgan fingerprint density at radius 2 is 1.12 bits per heavy atom. The van der Waals surface area contributed by atoms with Gasteiger partial charge in [0.1, 0.15) is 24.7 Å². The molecule has 0 saturated carbocycles. The molecule has 0 spiro atoms. The van der Waals surface area contributed by atoms with Crippen molar-refractivity contribution in [3.8, 4) is 11.5 Å². The fourth-order valence-electron chi connectivity index (χ4n) is 2.95. The van der Waals surface area contributed by atoms with Gasteiger partial charge in [0, 0.05) is 0 Å². The third-order valence-electron chi connectivity index (χ3n) is 4.35. The van der Waals surface area contributed by atoms with Crippen LogP contribution in [0.5, 0.6) is 11.5 Å². The first-order chi connectivity index (χ1) is 12.9. The number of benzene rings is 4. The fourth-order valence-corrected chi connectivity index (χ4v) is 2.95. The minimum absolute atomic E-state index is 0.547. The molecule has 0 aliphatic carbocycles. The molecule has 2 heteroatoms. The van der Waals surface area contributed by atoms with Crippen molar-refractivity contribution in [3.05, 3.63) is 108 Å². The molecule has 4 aromatic rings. The monoisotopic (exact) mass is 340 g/mol. The SMILES string of the molecule is c1ccc(COc2ccc(OCc3cccc4ccccc34)cc2)cc1. The van der Waals surface area contributed by atoms with Gasteiger partial charge in [-0.3, -0.25) is 0 Å². The van der Waals surface area contributed by atoms with Crippen molar-refractivity contribution in [1.29, 1.82) is 0 Å². The van der Waals surface area contributed by atoms with Gasteiger partial charge < -0.3 is 9.47 Å². The molecule has 0 aliphatic heterocycles. The van der Waals surface area contributed by atoms with Gasteiger partial charge in [0.05, 0.1) is 0 Å². The zero-order valence-corrected chi connectivity index (χ0v) is 14.5. The Kier molecular flexibility index (Phi) is 4.83. The Labute approximate surface area is 153 Å². The van der Waals surface area contributed by atoms with Crippen molar-refractivity contribution in [1.82, 2.24) is 0 Å². The maximum atomic E-state index is 5.96. The fraction of sp³-hybridized carbons (Fsp3) is 0.0833. The summed E-state index contributed by atoms with van der Waals surface area (Å²) in [6, 6.07) is 32.6. The average Bonchev–Trinajstić information content (AvgIpc) is 2.72. The summed E-state index contributed by atoms with van der Waals surface area (Å²) in [7, 11) is 0. The molecule has 2 nitrogen and oxygen atoms in total. The van der Waals surface area contributed by atoms with Crippen LogP contribution in [0.3, 0.4) is 0 Å². The largest absolute Gasteiger partial charge is 0.489 e. The lowest BCUT2D eigenvalue weighted by atomic mass is 10.1. The van der Waals surface area contributed by atoms with Crippen molar-refractivity contribution >= 4 is 10.8 Å². The van der Waals surface area contributed by atoms with Gasteiger partial charge in [0.2, 0.25) is 0 Å². The van der Waals surface area contributed by atoms with E-state index in [0.29, 0.717) is 13.2 Å². The Bertz CT molecular complexity index is 970. The molecule has 0 aliphatic rings. The Morgan fingerprint density at radius 1 is 0.500 bits per heavy atom. The summed E-state index contributed by atoms with van der Waals surface area (Å²) in [5.74, 6) is 1.68. The zero-order valence-electron chi connectivity index (χ0n) is 14.5. The standard InChI is InChI=1S/C24H20O2/c1-2-7-19(8-3-1)17-25-22-13-15-23(16-14-22)26-18-21-11-6-10-20-9-4-5-12-24(20)21/h1-16H,17-18H2. The summed E-state index contributed by atoms with van der Waals surface area (Å²) in [6.45, 7) is 1.11. The van der Waals surface area contributed by atoms with E-state index in [9.17, 15) is 0 Å². The molecule has 4 aromatic carbocycles. The summed E-state index contributed by atoms with van der Waals surface area (Å²) in [4.78, 5) is 0. The minimum atomic E-state index is 0.547. The first-order valence-electron chi connectivity index (χ1n) is 8.75. The Balaban J connectivity index is 1.38. The molecule has 0 amide bonds. The van der Waals surface area contributed by atoms with Crippen LogP contribution >= 0.6 is 0 Å². The number of hydrogen-bond acceptors (Lipinski definition) is 2. The van der Waals surface area contributed by atoms with E-state index in [1.54, 1.807) is 0 Å². The molecule has 128 valence electrons. The normalized spacial score (nSPS) is 10.6. The molecule has 26 heavy (non-hydrogen) atoms. The van der Waals surface area contributed by atoms with Crippen LogP contribution < -0.4 is 9.47 Å². The Hall–Kier alpha value is -3.26. The van der Waals surface area contributed by atoms with Crippen LogP contribution in [-0.4, -0.2) is 0 Å². The topological polar surface area (TPSA) is 18.5 Å². The molecule has 0 unspecified atom stereocenters. The molecule has 0 bridgehead atoms. The summed E-state index contributed by atoms with van der Waals surface area (Å²) < 4.78 is 11.8. The van der Waals surface area contributed by atoms with Crippen molar-refractivity contribution in [2.24, 2.45) is 0 Å². The lowest BCUT2D eigenvalue weighted by Crippen LogP contribution is -1.97. The molecule has 0 heterocycles. The van der Waals surface area contributed by atoms with Crippen molar-refractivity contribution in [2.45, 2.75) is 13.2 Å². The summed E-state index contributed by atoms with van der Waals surface area (Å²) in [6.07, 6.45) is 0. The Morgan fingerprint density at radius 3 is 1.88 bits per heavy atom.